The first-order chi connectivity index (χ1) is 12.9. The van der Waals surface area contributed by atoms with Crippen LogP contribution >= 0.6 is 23.2 Å². The van der Waals surface area contributed by atoms with Crippen molar-refractivity contribution in [3.63, 3.8) is 0 Å². The van der Waals surface area contributed by atoms with Gasteiger partial charge in [-0.2, -0.15) is 5.10 Å². The number of fused-ring (bicyclic) bond motifs is 1. The van der Waals surface area contributed by atoms with E-state index in [0.29, 0.717) is 33.5 Å². The molecular formula is C19H23Cl2N5O2. The first-order valence-corrected chi connectivity index (χ1v) is 9.62. The lowest BCUT2D eigenvalue weighted by Crippen LogP contribution is -2.51. The Hall–Kier alpha value is -2.25. The molecule has 4 N–H and O–H groups in total. The van der Waals surface area contributed by atoms with Crippen LogP contribution in [0.25, 0.3) is 11.3 Å². The molecule has 9 heteroatoms. The van der Waals surface area contributed by atoms with Gasteiger partial charge in [0.15, 0.2) is 0 Å². The summed E-state index contributed by atoms with van der Waals surface area (Å²) in [5, 5.41) is 5.43. The van der Waals surface area contributed by atoms with Crippen molar-refractivity contribution >= 4 is 35.1 Å². The zero-order valence-corrected chi connectivity index (χ0v) is 17.7. The van der Waals surface area contributed by atoms with E-state index in [1.165, 1.54) is 0 Å². The maximum Gasteiger partial charge on any atom is 0.315 e. The van der Waals surface area contributed by atoms with Gasteiger partial charge in [-0.05, 0) is 24.5 Å². The number of amides is 3. The van der Waals surface area contributed by atoms with Gasteiger partial charge in [0.1, 0.15) is 5.69 Å². The quantitative estimate of drug-likeness (QED) is 0.761. The third kappa shape index (κ3) is 3.33. The molecule has 2 heterocycles. The first kappa shape index (κ1) is 20.5. The van der Waals surface area contributed by atoms with E-state index in [1.807, 2.05) is 27.7 Å². The highest BCUT2D eigenvalue weighted by molar-refractivity contribution is 6.42. The summed E-state index contributed by atoms with van der Waals surface area (Å²) in [6.07, 6.45) is 0. The Morgan fingerprint density at radius 2 is 1.82 bits per heavy atom. The van der Waals surface area contributed by atoms with Gasteiger partial charge >= 0.3 is 6.03 Å². The van der Waals surface area contributed by atoms with Crippen molar-refractivity contribution in [3.05, 3.63) is 39.5 Å². The topological polar surface area (TPSA) is 107 Å². The van der Waals surface area contributed by atoms with Gasteiger partial charge in [0.2, 0.25) is 0 Å². The third-order valence-electron chi connectivity index (χ3n) is 4.94. The van der Waals surface area contributed by atoms with Crippen LogP contribution in [0.15, 0.2) is 18.2 Å². The van der Waals surface area contributed by atoms with E-state index < -0.39 is 23.4 Å². The number of rotatable bonds is 2. The molecule has 1 aliphatic rings. The summed E-state index contributed by atoms with van der Waals surface area (Å²) in [6, 6.07) is 3.82. The van der Waals surface area contributed by atoms with Gasteiger partial charge in [0.25, 0.3) is 5.91 Å². The fraction of sp³-hybridized carbons (Fsp3) is 0.421. The van der Waals surface area contributed by atoms with E-state index in [4.69, 9.17) is 34.7 Å². The van der Waals surface area contributed by atoms with Gasteiger partial charge in [-0.1, -0.05) is 50.0 Å². The number of hydrogen-bond acceptors (Lipinski definition) is 3. The number of halogens is 2. The number of nitrogens with two attached hydrogens (primary N) is 2. The molecule has 3 rings (SSSR count). The van der Waals surface area contributed by atoms with Gasteiger partial charge < -0.3 is 16.4 Å². The summed E-state index contributed by atoms with van der Waals surface area (Å²) in [6.45, 7) is 8.22. The van der Waals surface area contributed by atoms with Crippen molar-refractivity contribution in [2.75, 3.05) is 6.54 Å². The molecule has 0 saturated heterocycles. The second-order valence-electron chi connectivity index (χ2n) is 8.15. The Morgan fingerprint density at radius 1 is 1.18 bits per heavy atom. The second kappa shape index (κ2) is 6.97. The van der Waals surface area contributed by atoms with Crippen LogP contribution in [-0.4, -0.2) is 33.2 Å². The largest absolute Gasteiger partial charge is 0.365 e. The molecule has 0 saturated carbocycles. The van der Waals surface area contributed by atoms with Gasteiger partial charge in [-0.15, -0.1) is 0 Å². The zero-order valence-electron chi connectivity index (χ0n) is 16.2. The molecule has 2 aromatic rings. The average Bonchev–Trinajstić information content (AvgIpc) is 2.96. The van der Waals surface area contributed by atoms with E-state index in [1.54, 1.807) is 27.8 Å². The van der Waals surface area contributed by atoms with E-state index in [9.17, 15) is 9.59 Å². The zero-order chi connectivity index (χ0) is 21.0. The Balaban J connectivity index is 2.34. The number of aromatic nitrogens is 2. The van der Waals surface area contributed by atoms with Gasteiger partial charge in [0, 0.05) is 12.1 Å². The molecule has 0 bridgehead atoms. The van der Waals surface area contributed by atoms with Crippen molar-refractivity contribution < 1.29 is 9.59 Å². The lowest BCUT2D eigenvalue weighted by atomic mass is 9.80. The van der Waals surface area contributed by atoms with Crippen LogP contribution in [0.4, 0.5) is 4.79 Å². The molecule has 0 spiro atoms. The normalized spacial score (nSPS) is 19.4. The molecular weight excluding hydrogens is 401 g/mol. The Morgan fingerprint density at radius 3 is 2.32 bits per heavy atom. The molecule has 1 aliphatic heterocycles. The van der Waals surface area contributed by atoms with Crippen LogP contribution in [0.1, 0.15) is 55.8 Å². The lowest BCUT2D eigenvalue weighted by Gasteiger charge is -2.44. The van der Waals surface area contributed by atoms with Crippen molar-refractivity contribution in [3.8, 4) is 11.3 Å². The molecule has 3 amide bonds. The molecule has 1 aromatic heterocycles. The fourth-order valence-corrected chi connectivity index (χ4v) is 4.14. The Bertz CT molecular complexity index is 964. The summed E-state index contributed by atoms with van der Waals surface area (Å²) in [7, 11) is 0. The highest BCUT2D eigenvalue weighted by Gasteiger charge is 2.44. The smallest absolute Gasteiger partial charge is 0.315 e. The molecule has 2 atom stereocenters. The van der Waals surface area contributed by atoms with Crippen molar-refractivity contribution in [1.29, 1.82) is 0 Å². The Kier molecular flexibility index (Phi) is 5.10. The van der Waals surface area contributed by atoms with Crippen LogP contribution in [0.3, 0.4) is 0 Å². The minimum atomic E-state index is -0.630. The van der Waals surface area contributed by atoms with E-state index in [-0.39, 0.29) is 11.6 Å². The lowest BCUT2D eigenvalue weighted by molar-refractivity contribution is 0.0793. The highest BCUT2D eigenvalue weighted by Crippen LogP contribution is 2.46. The third-order valence-corrected chi connectivity index (χ3v) is 5.68. The van der Waals surface area contributed by atoms with E-state index >= 15 is 0 Å². The number of benzene rings is 1. The van der Waals surface area contributed by atoms with Gasteiger partial charge in [0.05, 0.1) is 33.4 Å². The maximum atomic E-state index is 12.5. The monoisotopic (exact) mass is 423 g/mol. The van der Waals surface area contributed by atoms with E-state index in [0.717, 1.165) is 0 Å². The SMILES string of the molecule is CC1CN(C(N)=O)C(C(C)(C)C)c2c(C(N)=O)c(-c3ccc(Cl)c(Cl)c3)nn21. The highest BCUT2D eigenvalue weighted by atomic mass is 35.5. The molecule has 0 aliphatic carbocycles. The average molecular weight is 424 g/mol. The number of urea groups is 1. The van der Waals surface area contributed by atoms with Crippen molar-refractivity contribution in [2.45, 2.75) is 39.8 Å². The molecule has 150 valence electrons. The number of hydrogen-bond donors (Lipinski definition) is 2. The number of primary amides is 2. The minimum absolute atomic E-state index is 0.185. The minimum Gasteiger partial charge on any atom is -0.365 e. The second-order valence-corrected chi connectivity index (χ2v) is 8.97. The molecule has 0 fully saturated rings. The van der Waals surface area contributed by atoms with Crippen molar-refractivity contribution in [1.82, 2.24) is 14.7 Å². The van der Waals surface area contributed by atoms with Crippen LogP contribution in [-0.2, 0) is 0 Å². The van der Waals surface area contributed by atoms with Crippen LogP contribution in [0.2, 0.25) is 10.0 Å². The van der Waals surface area contributed by atoms with Gasteiger partial charge in [-0.3, -0.25) is 9.48 Å². The summed E-state index contributed by atoms with van der Waals surface area (Å²) < 4.78 is 1.77. The van der Waals surface area contributed by atoms with Crippen molar-refractivity contribution in [2.24, 2.45) is 16.9 Å². The van der Waals surface area contributed by atoms with Crippen LogP contribution in [0, 0.1) is 5.41 Å². The first-order valence-electron chi connectivity index (χ1n) is 8.87. The van der Waals surface area contributed by atoms with Crippen LogP contribution < -0.4 is 11.5 Å². The summed E-state index contributed by atoms with van der Waals surface area (Å²) >= 11 is 12.2. The number of nitrogens with zero attached hydrogens (tertiary/aromatic N) is 3. The molecule has 7 nitrogen and oxygen atoms in total. The standard InChI is InChI=1S/C19H23Cl2N5O2/c1-9-8-25(18(23)28)16(19(2,3)4)15-13(17(22)27)14(24-26(9)15)10-5-6-11(20)12(21)7-10/h5-7,9,16H,8H2,1-4H3,(H2,22,27)(H2,23,28). The summed E-state index contributed by atoms with van der Waals surface area (Å²) in [5.74, 6) is -0.630. The van der Waals surface area contributed by atoms with Crippen LogP contribution in [0.5, 0.6) is 0 Å². The Labute approximate surface area is 173 Å². The molecule has 28 heavy (non-hydrogen) atoms. The maximum absolute atomic E-state index is 12.5. The van der Waals surface area contributed by atoms with Gasteiger partial charge in [-0.25, -0.2) is 4.79 Å². The van der Waals surface area contributed by atoms with E-state index in [2.05, 4.69) is 5.10 Å². The summed E-state index contributed by atoms with van der Waals surface area (Å²) in [5.41, 5.74) is 12.9. The summed E-state index contributed by atoms with van der Waals surface area (Å²) in [4.78, 5) is 26.3. The molecule has 2 unspecified atom stereocenters. The molecule has 0 radical (unpaired) electrons. The fourth-order valence-electron chi connectivity index (χ4n) is 3.84. The molecule has 1 aromatic carbocycles. The predicted octanol–water partition coefficient (Wildman–Crippen LogP) is 4.00. The predicted molar refractivity (Wildman–Crippen MR) is 109 cm³/mol. The number of carbonyl (C=O) groups excluding carboxylic acids is 2. The number of carbonyl (C=O) groups is 2.